The Bertz CT molecular complexity index is 318. The first kappa shape index (κ1) is 14.7. The molecule has 0 aliphatic carbocycles. The van der Waals surface area contributed by atoms with Crippen molar-refractivity contribution in [3.05, 3.63) is 0 Å². The van der Waals surface area contributed by atoms with Crippen LogP contribution in [0.2, 0.25) is 19.6 Å². The number of amides is 1. The van der Waals surface area contributed by atoms with Crippen LogP contribution in [0.3, 0.4) is 0 Å². The number of carboxylic acid groups (broad SMARTS) is 1. The van der Waals surface area contributed by atoms with E-state index < -0.39 is 20.3 Å². The summed E-state index contributed by atoms with van der Waals surface area (Å²) in [6, 6.07) is -0.749. The molecular formula is C10H18BrNO4Si. The first-order valence-corrected chi connectivity index (χ1v) is 10.0. The van der Waals surface area contributed by atoms with E-state index in [4.69, 9.17) is 9.53 Å². The van der Waals surface area contributed by atoms with Crippen LogP contribution in [0.4, 0.5) is 0 Å². The number of alkyl halides is 1. The zero-order valence-corrected chi connectivity index (χ0v) is 12.9. The van der Waals surface area contributed by atoms with E-state index in [1.165, 1.54) is 4.90 Å². The van der Waals surface area contributed by atoms with Gasteiger partial charge in [-0.05, 0) is 19.6 Å². The standard InChI is InChI=1S/C10H18BrNO4Si/c1-17(2,3)16-7-4-8(10(14)15)12(6-7)9(13)5-11/h7-8H,4-6H2,1-3H3,(H,14,15)/t7-,8-/m1/s1. The van der Waals surface area contributed by atoms with Crippen molar-refractivity contribution in [3.63, 3.8) is 0 Å². The lowest BCUT2D eigenvalue weighted by atomic mass is 10.2. The summed E-state index contributed by atoms with van der Waals surface area (Å²) < 4.78 is 5.87. The Morgan fingerprint density at radius 2 is 2.06 bits per heavy atom. The average molecular weight is 324 g/mol. The molecule has 5 nitrogen and oxygen atoms in total. The van der Waals surface area contributed by atoms with E-state index in [0.717, 1.165) is 0 Å². The van der Waals surface area contributed by atoms with Gasteiger partial charge >= 0.3 is 5.97 Å². The molecule has 1 saturated heterocycles. The summed E-state index contributed by atoms with van der Waals surface area (Å²) in [6.07, 6.45) is 0.240. The second-order valence-corrected chi connectivity index (χ2v) is 10.1. The SMILES string of the molecule is C[Si](C)(C)O[C@@H]1C[C@H](C(=O)O)N(C(=O)CBr)C1. The number of carbonyl (C=O) groups excluding carboxylic acids is 1. The lowest BCUT2D eigenvalue weighted by Crippen LogP contribution is -2.41. The van der Waals surface area contributed by atoms with E-state index in [2.05, 4.69) is 35.6 Å². The largest absolute Gasteiger partial charge is 0.480 e. The minimum Gasteiger partial charge on any atom is -0.480 e. The summed E-state index contributed by atoms with van der Waals surface area (Å²) >= 11 is 3.07. The first-order valence-electron chi connectivity index (χ1n) is 5.50. The van der Waals surface area contributed by atoms with Gasteiger partial charge < -0.3 is 14.4 Å². The van der Waals surface area contributed by atoms with E-state index in [1.54, 1.807) is 0 Å². The zero-order chi connectivity index (χ0) is 13.2. The van der Waals surface area contributed by atoms with Crippen molar-refractivity contribution in [1.82, 2.24) is 4.90 Å². The molecule has 17 heavy (non-hydrogen) atoms. The Morgan fingerprint density at radius 3 is 2.47 bits per heavy atom. The van der Waals surface area contributed by atoms with Gasteiger partial charge in [-0.2, -0.15) is 0 Å². The number of rotatable bonds is 4. The first-order chi connectivity index (χ1) is 7.74. The van der Waals surface area contributed by atoms with Gasteiger partial charge in [0, 0.05) is 13.0 Å². The number of hydrogen-bond acceptors (Lipinski definition) is 3. The third kappa shape index (κ3) is 4.08. The highest BCUT2D eigenvalue weighted by Gasteiger charge is 2.41. The monoisotopic (exact) mass is 323 g/mol. The molecule has 98 valence electrons. The number of nitrogens with zero attached hydrogens (tertiary/aromatic N) is 1. The van der Waals surface area contributed by atoms with Gasteiger partial charge in [-0.25, -0.2) is 4.79 Å². The number of carbonyl (C=O) groups is 2. The molecule has 1 aliphatic heterocycles. The van der Waals surface area contributed by atoms with Crippen LogP contribution in [0.5, 0.6) is 0 Å². The molecule has 0 spiro atoms. The van der Waals surface area contributed by atoms with Crippen molar-refractivity contribution in [1.29, 1.82) is 0 Å². The molecule has 2 atom stereocenters. The highest BCUT2D eigenvalue weighted by atomic mass is 79.9. The van der Waals surface area contributed by atoms with Gasteiger partial charge in [-0.1, -0.05) is 15.9 Å². The topological polar surface area (TPSA) is 66.8 Å². The maximum Gasteiger partial charge on any atom is 0.326 e. The molecule has 1 heterocycles. The minimum atomic E-state index is -1.70. The molecule has 1 N–H and O–H groups in total. The van der Waals surface area contributed by atoms with Gasteiger partial charge in [0.05, 0.1) is 11.4 Å². The van der Waals surface area contributed by atoms with Gasteiger partial charge in [0.1, 0.15) is 6.04 Å². The Labute approximate surface area is 110 Å². The van der Waals surface area contributed by atoms with E-state index in [1.807, 2.05) is 0 Å². The van der Waals surface area contributed by atoms with Crippen LogP contribution >= 0.6 is 15.9 Å². The van der Waals surface area contributed by atoms with Crippen LogP contribution in [0, 0.1) is 0 Å². The molecule has 0 bridgehead atoms. The summed E-state index contributed by atoms with van der Waals surface area (Å²) in [6.45, 7) is 6.54. The molecular weight excluding hydrogens is 306 g/mol. The van der Waals surface area contributed by atoms with E-state index >= 15 is 0 Å². The molecule has 1 aliphatic rings. The van der Waals surface area contributed by atoms with Gasteiger partial charge in [0.15, 0.2) is 8.32 Å². The van der Waals surface area contributed by atoms with Crippen molar-refractivity contribution in [3.8, 4) is 0 Å². The van der Waals surface area contributed by atoms with Gasteiger partial charge in [0.25, 0.3) is 0 Å². The highest BCUT2D eigenvalue weighted by Crippen LogP contribution is 2.24. The third-order valence-corrected chi connectivity index (χ3v) is 4.02. The fraction of sp³-hybridized carbons (Fsp3) is 0.800. The van der Waals surface area contributed by atoms with Crippen molar-refractivity contribution in [2.75, 3.05) is 11.9 Å². The Balaban J connectivity index is 2.72. The Morgan fingerprint density at radius 1 is 1.47 bits per heavy atom. The van der Waals surface area contributed by atoms with E-state index in [-0.39, 0.29) is 17.3 Å². The van der Waals surface area contributed by atoms with Crippen LogP contribution in [-0.4, -0.2) is 54.2 Å². The molecule has 0 saturated carbocycles. The molecule has 7 heteroatoms. The molecule has 0 aromatic rings. The number of carboxylic acids is 1. The van der Waals surface area contributed by atoms with Crippen molar-refractivity contribution >= 4 is 36.1 Å². The predicted molar refractivity (Wildman–Crippen MR) is 69.8 cm³/mol. The molecule has 0 aromatic carbocycles. The fourth-order valence-corrected chi connectivity index (χ4v) is 3.46. The number of likely N-dealkylation sites (tertiary alicyclic amines) is 1. The van der Waals surface area contributed by atoms with Crippen molar-refractivity contribution in [2.45, 2.75) is 38.2 Å². The van der Waals surface area contributed by atoms with Crippen LogP contribution in [-0.2, 0) is 14.0 Å². The van der Waals surface area contributed by atoms with Crippen LogP contribution in [0.1, 0.15) is 6.42 Å². The second-order valence-electron chi connectivity index (χ2n) is 5.12. The summed E-state index contributed by atoms with van der Waals surface area (Å²) in [5.74, 6) is -1.15. The summed E-state index contributed by atoms with van der Waals surface area (Å²) in [4.78, 5) is 24.1. The molecule has 0 aromatic heterocycles. The molecule has 1 amide bonds. The third-order valence-electron chi connectivity index (χ3n) is 2.50. The number of halogens is 1. The summed E-state index contributed by atoms with van der Waals surface area (Å²) in [5, 5.41) is 9.24. The quantitative estimate of drug-likeness (QED) is 0.625. The van der Waals surface area contributed by atoms with Gasteiger partial charge in [-0.3, -0.25) is 4.79 Å². The van der Waals surface area contributed by atoms with E-state index in [9.17, 15) is 9.59 Å². The summed E-state index contributed by atoms with van der Waals surface area (Å²) in [5.41, 5.74) is 0. The number of hydrogen-bond donors (Lipinski definition) is 1. The highest BCUT2D eigenvalue weighted by molar-refractivity contribution is 9.09. The zero-order valence-electron chi connectivity index (χ0n) is 10.3. The Hall–Kier alpha value is -0.403. The van der Waals surface area contributed by atoms with Gasteiger partial charge in [-0.15, -0.1) is 0 Å². The van der Waals surface area contributed by atoms with Crippen LogP contribution in [0.25, 0.3) is 0 Å². The molecule has 0 unspecified atom stereocenters. The maximum absolute atomic E-state index is 11.6. The second kappa shape index (κ2) is 5.49. The average Bonchev–Trinajstić information content (AvgIpc) is 2.57. The lowest BCUT2D eigenvalue weighted by Gasteiger charge is -2.23. The van der Waals surface area contributed by atoms with E-state index in [0.29, 0.717) is 13.0 Å². The lowest BCUT2D eigenvalue weighted by molar-refractivity contribution is -0.147. The maximum atomic E-state index is 11.6. The molecule has 0 radical (unpaired) electrons. The van der Waals surface area contributed by atoms with Crippen molar-refractivity contribution < 1.29 is 19.1 Å². The van der Waals surface area contributed by atoms with Gasteiger partial charge in [0.2, 0.25) is 5.91 Å². The van der Waals surface area contributed by atoms with Crippen molar-refractivity contribution in [2.24, 2.45) is 0 Å². The fourth-order valence-electron chi connectivity index (χ4n) is 1.97. The molecule has 1 rings (SSSR count). The molecule has 1 fully saturated rings. The number of aliphatic carboxylic acids is 1. The van der Waals surface area contributed by atoms with Crippen LogP contribution in [0.15, 0.2) is 0 Å². The summed E-state index contributed by atoms with van der Waals surface area (Å²) in [7, 11) is -1.70. The Kier molecular flexibility index (Phi) is 4.74. The minimum absolute atomic E-state index is 0.147. The normalized spacial score (nSPS) is 25.1. The smallest absolute Gasteiger partial charge is 0.326 e. The predicted octanol–water partition coefficient (Wildman–Crippen LogP) is 1.29. The van der Waals surface area contributed by atoms with Crippen LogP contribution < -0.4 is 0 Å².